The lowest BCUT2D eigenvalue weighted by atomic mass is 9.74. The Hall–Kier alpha value is -0.610. The topological polar surface area (TPSA) is 58.4 Å². The van der Waals surface area contributed by atoms with Gasteiger partial charge in [-0.1, -0.05) is 33.6 Å². The molecule has 1 unspecified atom stereocenters. The molecule has 0 aromatic carbocycles. The molecule has 1 amide bonds. The molecule has 112 valence electrons. The summed E-state index contributed by atoms with van der Waals surface area (Å²) < 4.78 is 0. The molecule has 0 saturated carbocycles. The van der Waals surface area contributed by atoms with Crippen LogP contribution in [0.1, 0.15) is 53.4 Å². The van der Waals surface area contributed by atoms with Crippen LogP contribution >= 0.6 is 0 Å². The van der Waals surface area contributed by atoms with Crippen molar-refractivity contribution in [2.24, 2.45) is 11.1 Å². The number of amides is 1. The first-order valence-corrected chi connectivity index (χ1v) is 7.68. The second kappa shape index (κ2) is 6.71. The molecule has 1 heterocycles. The quantitative estimate of drug-likeness (QED) is 0.740. The lowest BCUT2D eigenvalue weighted by Gasteiger charge is -2.43. The van der Waals surface area contributed by atoms with E-state index in [4.69, 9.17) is 5.73 Å². The zero-order valence-corrected chi connectivity index (χ0v) is 13.1. The smallest absolute Gasteiger partial charge is 0.238 e. The SMILES string of the molecule is CCNC(C)(CN1CCC(CC)(CC)CC1)C(N)=O. The van der Waals surface area contributed by atoms with E-state index in [1.165, 1.54) is 25.7 Å². The lowest BCUT2D eigenvalue weighted by molar-refractivity contribution is -0.124. The van der Waals surface area contributed by atoms with E-state index in [2.05, 4.69) is 24.1 Å². The van der Waals surface area contributed by atoms with Crippen molar-refractivity contribution in [1.29, 1.82) is 0 Å². The fourth-order valence-corrected chi connectivity index (χ4v) is 3.20. The number of piperidine rings is 1. The number of likely N-dealkylation sites (N-methyl/N-ethyl adjacent to an activating group) is 1. The van der Waals surface area contributed by atoms with Gasteiger partial charge in [0.15, 0.2) is 0 Å². The molecule has 0 bridgehead atoms. The van der Waals surface area contributed by atoms with Crippen molar-refractivity contribution in [3.63, 3.8) is 0 Å². The van der Waals surface area contributed by atoms with Gasteiger partial charge in [-0.15, -0.1) is 0 Å². The van der Waals surface area contributed by atoms with Crippen molar-refractivity contribution in [1.82, 2.24) is 10.2 Å². The van der Waals surface area contributed by atoms with Gasteiger partial charge in [-0.05, 0) is 44.8 Å². The molecule has 19 heavy (non-hydrogen) atoms. The van der Waals surface area contributed by atoms with Crippen molar-refractivity contribution in [2.45, 2.75) is 58.9 Å². The van der Waals surface area contributed by atoms with E-state index in [0.29, 0.717) is 5.41 Å². The van der Waals surface area contributed by atoms with E-state index >= 15 is 0 Å². The molecule has 4 heteroatoms. The summed E-state index contributed by atoms with van der Waals surface area (Å²) in [6.07, 6.45) is 5.00. The third-order valence-electron chi connectivity index (χ3n) is 5.07. The average molecular weight is 269 g/mol. The van der Waals surface area contributed by atoms with Crippen LogP contribution in [0.5, 0.6) is 0 Å². The number of carbonyl (C=O) groups excluding carboxylic acids is 1. The fraction of sp³-hybridized carbons (Fsp3) is 0.933. The number of rotatable bonds is 7. The lowest BCUT2D eigenvalue weighted by Crippen LogP contribution is -2.60. The van der Waals surface area contributed by atoms with Crippen LogP contribution in [0.4, 0.5) is 0 Å². The Morgan fingerprint density at radius 1 is 1.26 bits per heavy atom. The second-order valence-corrected chi connectivity index (χ2v) is 6.21. The molecule has 1 rings (SSSR count). The van der Waals surface area contributed by atoms with Gasteiger partial charge < -0.3 is 16.0 Å². The minimum atomic E-state index is -0.604. The number of primary amides is 1. The zero-order valence-electron chi connectivity index (χ0n) is 13.1. The highest BCUT2D eigenvalue weighted by Gasteiger charge is 2.36. The number of nitrogens with one attached hydrogen (secondary N) is 1. The summed E-state index contributed by atoms with van der Waals surface area (Å²) in [6, 6.07) is 0. The van der Waals surface area contributed by atoms with Gasteiger partial charge in [0.25, 0.3) is 0 Å². The Labute approximate surface area is 118 Å². The highest BCUT2D eigenvalue weighted by atomic mass is 16.1. The molecule has 1 aliphatic rings. The molecule has 0 aromatic rings. The minimum Gasteiger partial charge on any atom is -0.368 e. The number of hydrogen-bond acceptors (Lipinski definition) is 3. The van der Waals surface area contributed by atoms with Gasteiger partial charge in [-0.2, -0.15) is 0 Å². The van der Waals surface area contributed by atoms with E-state index in [9.17, 15) is 4.79 Å². The molecule has 1 atom stereocenters. The van der Waals surface area contributed by atoms with Gasteiger partial charge in [0.05, 0.1) is 0 Å². The molecule has 0 aromatic heterocycles. The number of likely N-dealkylation sites (tertiary alicyclic amines) is 1. The normalized spacial score (nSPS) is 22.9. The molecule has 1 aliphatic heterocycles. The summed E-state index contributed by atoms with van der Waals surface area (Å²) in [5.41, 5.74) is 5.47. The van der Waals surface area contributed by atoms with E-state index in [0.717, 1.165) is 26.2 Å². The third kappa shape index (κ3) is 3.93. The van der Waals surface area contributed by atoms with Crippen LogP contribution in [0.3, 0.4) is 0 Å². The fourth-order valence-electron chi connectivity index (χ4n) is 3.20. The standard InChI is InChI=1S/C15H31N3O/c1-5-15(6-2)8-10-18(11-9-15)12-14(4,13(16)19)17-7-3/h17H,5-12H2,1-4H3,(H2,16,19). The molecule has 4 nitrogen and oxygen atoms in total. The Morgan fingerprint density at radius 3 is 2.16 bits per heavy atom. The highest BCUT2D eigenvalue weighted by Crippen LogP contribution is 2.38. The van der Waals surface area contributed by atoms with Gasteiger partial charge in [-0.25, -0.2) is 0 Å². The summed E-state index contributed by atoms with van der Waals surface area (Å²) in [4.78, 5) is 14.0. The van der Waals surface area contributed by atoms with Crippen LogP contribution in [0.2, 0.25) is 0 Å². The zero-order chi connectivity index (χ0) is 14.5. The predicted octanol–water partition coefficient (Wildman–Crippen LogP) is 1.74. The number of hydrogen-bond donors (Lipinski definition) is 2. The Morgan fingerprint density at radius 2 is 1.79 bits per heavy atom. The van der Waals surface area contributed by atoms with E-state index < -0.39 is 5.54 Å². The number of carbonyl (C=O) groups is 1. The largest absolute Gasteiger partial charge is 0.368 e. The number of nitrogens with two attached hydrogens (primary N) is 1. The molecule has 1 fully saturated rings. The molecule has 0 radical (unpaired) electrons. The van der Waals surface area contributed by atoms with Gasteiger partial charge in [0, 0.05) is 6.54 Å². The maximum absolute atomic E-state index is 11.7. The molecular weight excluding hydrogens is 238 g/mol. The van der Waals surface area contributed by atoms with Crippen LogP contribution in [0, 0.1) is 5.41 Å². The van der Waals surface area contributed by atoms with E-state index in [-0.39, 0.29) is 5.91 Å². The molecule has 0 aliphatic carbocycles. The van der Waals surface area contributed by atoms with Crippen molar-refractivity contribution in [3.8, 4) is 0 Å². The molecule has 0 spiro atoms. The highest BCUT2D eigenvalue weighted by molar-refractivity contribution is 5.84. The summed E-state index contributed by atoms with van der Waals surface area (Å²) >= 11 is 0. The van der Waals surface area contributed by atoms with E-state index in [1.807, 2.05) is 13.8 Å². The molecular formula is C15H31N3O. The van der Waals surface area contributed by atoms with Gasteiger partial charge >= 0.3 is 0 Å². The van der Waals surface area contributed by atoms with Crippen molar-refractivity contribution in [2.75, 3.05) is 26.2 Å². The predicted molar refractivity (Wildman–Crippen MR) is 80.0 cm³/mol. The summed E-state index contributed by atoms with van der Waals surface area (Å²) in [5.74, 6) is -0.253. The van der Waals surface area contributed by atoms with E-state index in [1.54, 1.807) is 0 Å². The van der Waals surface area contributed by atoms with Gasteiger partial charge in [0.2, 0.25) is 5.91 Å². The Kier molecular flexibility index (Phi) is 5.81. The van der Waals surface area contributed by atoms with Crippen molar-refractivity contribution in [3.05, 3.63) is 0 Å². The first-order valence-electron chi connectivity index (χ1n) is 7.68. The van der Waals surface area contributed by atoms with Crippen LogP contribution in [0.15, 0.2) is 0 Å². The molecule has 3 N–H and O–H groups in total. The molecule has 1 saturated heterocycles. The first kappa shape index (κ1) is 16.4. The van der Waals surface area contributed by atoms with Crippen LogP contribution in [0.25, 0.3) is 0 Å². The van der Waals surface area contributed by atoms with Crippen molar-refractivity contribution >= 4 is 5.91 Å². The van der Waals surface area contributed by atoms with Gasteiger partial charge in [-0.3, -0.25) is 4.79 Å². The Bertz CT molecular complexity index is 292. The van der Waals surface area contributed by atoms with Crippen LogP contribution in [-0.2, 0) is 4.79 Å². The summed E-state index contributed by atoms with van der Waals surface area (Å²) in [6.45, 7) is 12.2. The van der Waals surface area contributed by atoms with Crippen LogP contribution in [-0.4, -0.2) is 42.5 Å². The second-order valence-electron chi connectivity index (χ2n) is 6.21. The van der Waals surface area contributed by atoms with Gasteiger partial charge in [0.1, 0.15) is 5.54 Å². The van der Waals surface area contributed by atoms with Crippen LogP contribution < -0.4 is 11.1 Å². The average Bonchev–Trinajstić information content (AvgIpc) is 2.40. The third-order valence-corrected chi connectivity index (χ3v) is 5.07. The maximum atomic E-state index is 11.7. The maximum Gasteiger partial charge on any atom is 0.238 e. The first-order chi connectivity index (χ1) is 8.91. The number of nitrogens with zero attached hydrogens (tertiary/aromatic N) is 1. The summed E-state index contributed by atoms with van der Waals surface area (Å²) in [5, 5.41) is 3.24. The van der Waals surface area contributed by atoms with Crippen molar-refractivity contribution < 1.29 is 4.79 Å². The Balaban J connectivity index is 2.58. The summed E-state index contributed by atoms with van der Waals surface area (Å²) in [7, 11) is 0. The monoisotopic (exact) mass is 269 g/mol. The minimum absolute atomic E-state index is 0.253.